The lowest BCUT2D eigenvalue weighted by Gasteiger charge is -2.23. The monoisotopic (exact) mass is 476 g/mol. The van der Waals surface area contributed by atoms with E-state index in [-0.39, 0.29) is 17.9 Å². The van der Waals surface area contributed by atoms with Gasteiger partial charge in [-0.2, -0.15) is 25.3 Å². The number of hydrogen-bond donors (Lipinski definition) is 9. The van der Waals surface area contributed by atoms with Gasteiger partial charge in [-0.25, -0.2) is 9.78 Å². The normalized spacial score (nSPS) is 14.5. The lowest BCUT2D eigenvalue weighted by atomic mass is 10.1. The smallest absolute Gasteiger partial charge is 0.327 e. The molecule has 15 heteroatoms. The average Bonchev–Trinajstić information content (AvgIpc) is 3.21. The van der Waals surface area contributed by atoms with Crippen LogP contribution in [0.4, 0.5) is 0 Å². The van der Waals surface area contributed by atoms with Crippen molar-refractivity contribution in [1.82, 2.24) is 25.9 Å². The molecule has 0 fully saturated rings. The number of H-pyrrole nitrogens is 1. The van der Waals surface area contributed by atoms with E-state index in [9.17, 15) is 24.0 Å². The molecule has 0 aliphatic carbocycles. The number of imidazole rings is 1. The number of carbonyl (C=O) groups excluding carboxylic acids is 3. The molecule has 0 saturated carbocycles. The minimum Gasteiger partial charge on any atom is -0.481 e. The Hall–Kier alpha value is -2.78. The van der Waals surface area contributed by atoms with E-state index in [1.807, 2.05) is 0 Å². The molecule has 8 N–H and O–H groups in total. The van der Waals surface area contributed by atoms with Crippen LogP contribution in [0.5, 0.6) is 0 Å². The zero-order valence-electron chi connectivity index (χ0n) is 16.1. The third-order valence-corrected chi connectivity index (χ3v) is 4.69. The minimum absolute atomic E-state index is 0.122. The Balaban J connectivity index is 2.79. The predicted octanol–water partition coefficient (Wildman–Crippen LogP) is -2.85. The molecule has 0 bridgehead atoms. The molecule has 0 aromatic carbocycles. The van der Waals surface area contributed by atoms with Crippen molar-refractivity contribution in [2.45, 2.75) is 37.0 Å². The first-order valence-corrected chi connectivity index (χ1v) is 10.2. The van der Waals surface area contributed by atoms with Gasteiger partial charge < -0.3 is 36.9 Å². The molecule has 3 amide bonds. The maximum Gasteiger partial charge on any atom is 0.327 e. The molecular formula is C16H24N6O7S2. The number of nitrogens with two attached hydrogens (primary N) is 1. The van der Waals surface area contributed by atoms with Gasteiger partial charge in [-0.05, 0) is 0 Å². The number of amides is 3. The summed E-state index contributed by atoms with van der Waals surface area (Å²) in [6.07, 6.45) is 2.21. The van der Waals surface area contributed by atoms with E-state index < -0.39 is 60.2 Å². The molecule has 0 aliphatic rings. The molecule has 4 unspecified atom stereocenters. The zero-order chi connectivity index (χ0) is 23.6. The van der Waals surface area contributed by atoms with Gasteiger partial charge in [-0.1, -0.05) is 0 Å². The van der Waals surface area contributed by atoms with E-state index in [0.29, 0.717) is 5.69 Å². The Labute approximate surface area is 187 Å². The molecule has 4 atom stereocenters. The lowest BCUT2D eigenvalue weighted by Crippen LogP contribution is -2.58. The van der Waals surface area contributed by atoms with Gasteiger partial charge in [0.2, 0.25) is 17.7 Å². The highest BCUT2D eigenvalue weighted by molar-refractivity contribution is 7.80. The van der Waals surface area contributed by atoms with Crippen LogP contribution in [0.25, 0.3) is 0 Å². The van der Waals surface area contributed by atoms with Gasteiger partial charge >= 0.3 is 11.9 Å². The fraction of sp³-hybridized carbons (Fsp3) is 0.500. The van der Waals surface area contributed by atoms with Crippen LogP contribution in [-0.4, -0.2) is 85.5 Å². The third-order valence-electron chi connectivity index (χ3n) is 3.96. The summed E-state index contributed by atoms with van der Waals surface area (Å²) >= 11 is 7.79. The first-order valence-electron chi connectivity index (χ1n) is 8.89. The molecule has 0 spiro atoms. The summed E-state index contributed by atoms with van der Waals surface area (Å²) in [6.45, 7) is 0. The predicted molar refractivity (Wildman–Crippen MR) is 114 cm³/mol. The fourth-order valence-corrected chi connectivity index (χ4v) is 2.82. The number of hydrogen-bond acceptors (Lipinski definition) is 9. The molecule has 1 aromatic heterocycles. The van der Waals surface area contributed by atoms with E-state index >= 15 is 0 Å². The number of thiol groups is 2. The van der Waals surface area contributed by atoms with Crippen LogP contribution >= 0.6 is 25.3 Å². The van der Waals surface area contributed by atoms with Gasteiger partial charge in [0, 0.05) is 29.8 Å². The van der Waals surface area contributed by atoms with Crippen LogP contribution in [0.1, 0.15) is 12.1 Å². The average molecular weight is 477 g/mol. The van der Waals surface area contributed by atoms with Crippen molar-refractivity contribution >= 4 is 54.9 Å². The number of rotatable bonds is 13. The molecule has 31 heavy (non-hydrogen) atoms. The van der Waals surface area contributed by atoms with E-state index in [1.54, 1.807) is 0 Å². The van der Waals surface area contributed by atoms with Crippen LogP contribution in [-0.2, 0) is 30.4 Å². The summed E-state index contributed by atoms with van der Waals surface area (Å²) in [5.74, 6) is -5.82. The van der Waals surface area contributed by atoms with Crippen molar-refractivity contribution in [3.05, 3.63) is 18.2 Å². The summed E-state index contributed by atoms with van der Waals surface area (Å²) in [4.78, 5) is 65.8. The number of aromatic nitrogens is 2. The van der Waals surface area contributed by atoms with Gasteiger partial charge in [0.05, 0.1) is 18.8 Å². The van der Waals surface area contributed by atoms with Crippen molar-refractivity contribution in [3.8, 4) is 0 Å². The van der Waals surface area contributed by atoms with Crippen molar-refractivity contribution < 1.29 is 34.2 Å². The highest BCUT2D eigenvalue weighted by Crippen LogP contribution is 2.01. The van der Waals surface area contributed by atoms with Crippen LogP contribution in [0, 0.1) is 0 Å². The van der Waals surface area contributed by atoms with Gasteiger partial charge in [0.1, 0.15) is 18.1 Å². The minimum atomic E-state index is -1.59. The van der Waals surface area contributed by atoms with E-state index in [1.165, 1.54) is 12.5 Å². The Morgan fingerprint density at radius 2 is 1.52 bits per heavy atom. The molecular weight excluding hydrogens is 452 g/mol. The topological polar surface area (TPSA) is 217 Å². The second kappa shape index (κ2) is 12.8. The second-order valence-corrected chi connectivity index (χ2v) is 7.10. The van der Waals surface area contributed by atoms with Gasteiger partial charge in [-0.3, -0.25) is 19.2 Å². The molecule has 1 aromatic rings. The first-order chi connectivity index (χ1) is 14.6. The number of aromatic amines is 1. The van der Waals surface area contributed by atoms with Gasteiger partial charge in [0.15, 0.2) is 0 Å². The number of nitrogens with zero attached hydrogens (tertiary/aromatic N) is 1. The summed E-state index contributed by atoms with van der Waals surface area (Å²) in [7, 11) is 0. The first kappa shape index (κ1) is 26.3. The van der Waals surface area contributed by atoms with Gasteiger partial charge in [-0.15, -0.1) is 0 Å². The van der Waals surface area contributed by atoms with Crippen molar-refractivity contribution in [3.63, 3.8) is 0 Å². The summed E-state index contributed by atoms with van der Waals surface area (Å²) in [5.41, 5.74) is 6.41. The highest BCUT2D eigenvalue weighted by Gasteiger charge is 2.31. The lowest BCUT2D eigenvalue weighted by molar-refractivity contribution is -0.143. The van der Waals surface area contributed by atoms with Crippen molar-refractivity contribution in [1.29, 1.82) is 0 Å². The van der Waals surface area contributed by atoms with Crippen LogP contribution in [0.15, 0.2) is 12.5 Å². The van der Waals surface area contributed by atoms with Crippen molar-refractivity contribution in [2.24, 2.45) is 5.73 Å². The molecule has 172 valence electrons. The molecule has 1 rings (SSSR count). The zero-order valence-corrected chi connectivity index (χ0v) is 17.9. The quantitative estimate of drug-likeness (QED) is 0.134. The number of nitrogens with one attached hydrogen (secondary N) is 4. The van der Waals surface area contributed by atoms with E-state index in [0.717, 1.165) is 0 Å². The second-order valence-electron chi connectivity index (χ2n) is 6.37. The fourth-order valence-electron chi connectivity index (χ4n) is 2.31. The molecule has 1 heterocycles. The summed E-state index contributed by atoms with van der Waals surface area (Å²) in [6, 6.07) is -5.22. The van der Waals surface area contributed by atoms with Crippen LogP contribution in [0.3, 0.4) is 0 Å². The van der Waals surface area contributed by atoms with Crippen LogP contribution < -0.4 is 21.7 Å². The number of carboxylic acids is 2. The molecule has 13 nitrogen and oxygen atoms in total. The maximum atomic E-state index is 12.5. The number of carboxylic acid groups (broad SMARTS) is 2. The van der Waals surface area contributed by atoms with Gasteiger partial charge in [0.25, 0.3) is 0 Å². The molecule has 0 radical (unpaired) electrons. The standard InChI is InChI=1S/C16H24N6O7S2/c17-8(1-7-3-18-6-19-7)13(25)21-10(4-30)15(27)20-9(2-12(23)24)14(26)22-11(5-31)16(28)29/h3,6,8-11,30-31H,1-2,4-5,17H2,(H,18,19)(H,20,27)(H,21,25)(H,22,26)(H,23,24)(H,28,29). The third kappa shape index (κ3) is 8.85. The maximum absolute atomic E-state index is 12.5. The number of carbonyl (C=O) groups is 5. The summed E-state index contributed by atoms with van der Waals surface area (Å²) in [5, 5.41) is 24.7. The SMILES string of the molecule is NC(Cc1cnc[nH]1)C(=O)NC(CS)C(=O)NC(CC(=O)O)C(=O)NC(CS)C(=O)O. The number of aliphatic carboxylic acids is 2. The van der Waals surface area contributed by atoms with Crippen molar-refractivity contribution in [2.75, 3.05) is 11.5 Å². The Morgan fingerprint density at radius 1 is 0.968 bits per heavy atom. The Kier molecular flexibility index (Phi) is 10.8. The molecule has 0 aliphatic heterocycles. The van der Waals surface area contributed by atoms with E-state index in [2.05, 4.69) is 51.2 Å². The summed E-state index contributed by atoms with van der Waals surface area (Å²) < 4.78 is 0. The van der Waals surface area contributed by atoms with E-state index in [4.69, 9.17) is 15.9 Å². The Bertz CT molecular complexity index is 791. The molecule has 0 saturated heterocycles. The Morgan fingerprint density at radius 3 is 2.00 bits per heavy atom. The van der Waals surface area contributed by atoms with Crippen LogP contribution in [0.2, 0.25) is 0 Å². The largest absolute Gasteiger partial charge is 0.481 e. The highest BCUT2D eigenvalue weighted by atomic mass is 32.1.